The summed E-state index contributed by atoms with van der Waals surface area (Å²) in [5, 5.41) is 3.93. The van der Waals surface area contributed by atoms with Gasteiger partial charge in [-0.1, -0.05) is 108 Å². The molecule has 0 aromatic heterocycles. The van der Waals surface area contributed by atoms with Crippen LogP contribution in [0.2, 0.25) is 10.0 Å². The van der Waals surface area contributed by atoms with Crippen molar-refractivity contribution in [3.63, 3.8) is 0 Å². The molecule has 1 atom stereocenters. The zero-order valence-electron chi connectivity index (χ0n) is 25.6. The molecule has 46 heavy (non-hydrogen) atoms. The van der Waals surface area contributed by atoms with Gasteiger partial charge in [-0.05, 0) is 67.3 Å². The fourth-order valence-corrected chi connectivity index (χ4v) is 7.52. The molecule has 1 fully saturated rings. The summed E-state index contributed by atoms with van der Waals surface area (Å²) in [7, 11) is -4.22. The molecule has 7 nitrogen and oxygen atoms in total. The first-order chi connectivity index (χ1) is 22.1. The van der Waals surface area contributed by atoms with E-state index >= 15 is 0 Å². The highest BCUT2D eigenvalue weighted by Gasteiger charge is 2.36. The Morgan fingerprint density at radius 2 is 1.54 bits per heavy atom. The van der Waals surface area contributed by atoms with Gasteiger partial charge in [-0.25, -0.2) is 8.42 Å². The topological polar surface area (TPSA) is 86.8 Å². The number of amides is 2. The average Bonchev–Trinajstić information content (AvgIpc) is 3.56. The number of nitrogens with one attached hydrogen (secondary N) is 1. The molecule has 2 amide bonds. The maximum Gasteiger partial charge on any atom is 0.264 e. The van der Waals surface area contributed by atoms with Gasteiger partial charge in [0.1, 0.15) is 12.6 Å². The average molecular weight is 679 g/mol. The second-order valence-corrected chi connectivity index (χ2v) is 14.3. The Morgan fingerprint density at radius 3 is 2.22 bits per heavy atom. The molecule has 0 radical (unpaired) electrons. The van der Waals surface area contributed by atoms with Gasteiger partial charge in [0.2, 0.25) is 11.8 Å². The first-order valence-corrected chi connectivity index (χ1v) is 17.5. The highest BCUT2D eigenvalue weighted by molar-refractivity contribution is 7.92. The lowest BCUT2D eigenvalue weighted by Crippen LogP contribution is -2.54. The van der Waals surface area contributed by atoms with Crippen molar-refractivity contribution in [1.82, 2.24) is 10.2 Å². The second-order valence-electron chi connectivity index (χ2n) is 11.6. The summed E-state index contributed by atoms with van der Waals surface area (Å²) in [6.07, 6.45) is 4.04. The molecule has 0 aliphatic heterocycles. The number of anilines is 1. The molecule has 1 N–H and O–H groups in total. The second kappa shape index (κ2) is 15.2. The van der Waals surface area contributed by atoms with Crippen LogP contribution in [-0.4, -0.2) is 43.8 Å². The number of aryl methyl sites for hydroxylation is 1. The molecule has 0 spiro atoms. The molecule has 1 saturated carbocycles. The Hall–Kier alpha value is -3.85. The smallest absolute Gasteiger partial charge is 0.264 e. The maximum atomic E-state index is 14.6. The van der Waals surface area contributed by atoms with Crippen LogP contribution >= 0.6 is 23.2 Å². The van der Waals surface area contributed by atoms with Gasteiger partial charge in [0.05, 0.1) is 10.6 Å². The predicted octanol–water partition coefficient (Wildman–Crippen LogP) is 7.20. The van der Waals surface area contributed by atoms with Crippen LogP contribution in [0.15, 0.2) is 108 Å². The van der Waals surface area contributed by atoms with Gasteiger partial charge in [0, 0.05) is 29.1 Å². The number of hydrogen-bond donors (Lipinski definition) is 1. The van der Waals surface area contributed by atoms with Crippen molar-refractivity contribution < 1.29 is 18.0 Å². The number of carbonyl (C=O) groups is 2. The van der Waals surface area contributed by atoms with E-state index in [1.54, 1.807) is 48.5 Å². The maximum absolute atomic E-state index is 14.6. The van der Waals surface area contributed by atoms with E-state index in [4.69, 9.17) is 23.2 Å². The minimum atomic E-state index is -4.22. The van der Waals surface area contributed by atoms with E-state index in [0.29, 0.717) is 15.6 Å². The van der Waals surface area contributed by atoms with Crippen LogP contribution in [0.5, 0.6) is 0 Å². The number of carbonyl (C=O) groups excluding carboxylic acids is 2. The van der Waals surface area contributed by atoms with E-state index in [-0.39, 0.29) is 35.5 Å². The molecule has 0 heterocycles. The van der Waals surface area contributed by atoms with E-state index in [2.05, 4.69) is 5.32 Å². The number of halogens is 2. The molecule has 10 heteroatoms. The van der Waals surface area contributed by atoms with Crippen LogP contribution in [0.1, 0.15) is 42.4 Å². The van der Waals surface area contributed by atoms with E-state index < -0.39 is 28.5 Å². The Balaban J connectivity index is 1.57. The molecule has 0 saturated heterocycles. The molecular weight excluding hydrogens is 641 g/mol. The van der Waals surface area contributed by atoms with Gasteiger partial charge < -0.3 is 10.2 Å². The molecule has 5 rings (SSSR count). The van der Waals surface area contributed by atoms with E-state index in [1.807, 2.05) is 43.3 Å². The molecule has 240 valence electrons. The molecular formula is C36H37Cl2N3O4S. The third-order valence-electron chi connectivity index (χ3n) is 8.26. The van der Waals surface area contributed by atoms with E-state index in [1.165, 1.54) is 23.1 Å². The van der Waals surface area contributed by atoms with Gasteiger partial charge in [-0.15, -0.1) is 0 Å². The van der Waals surface area contributed by atoms with Crippen LogP contribution in [0.3, 0.4) is 0 Å². The van der Waals surface area contributed by atoms with Crippen LogP contribution in [-0.2, 0) is 32.6 Å². The normalized spacial score (nSPS) is 14.1. The fourth-order valence-electron chi connectivity index (χ4n) is 5.73. The summed E-state index contributed by atoms with van der Waals surface area (Å²) >= 11 is 12.9. The summed E-state index contributed by atoms with van der Waals surface area (Å²) < 4.78 is 29.4. The van der Waals surface area contributed by atoms with Crippen LogP contribution in [0.25, 0.3) is 0 Å². The number of hydrogen-bond acceptors (Lipinski definition) is 4. The van der Waals surface area contributed by atoms with Gasteiger partial charge in [-0.3, -0.25) is 13.9 Å². The molecule has 4 aromatic rings. The Bertz CT molecular complexity index is 1760. The number of benzene rings is 4. The van der Waals surface area contributed by atoms with Crippen molar-refractivity contribution >= 4 is 50.7 Å². The van der Waals surface area contributed by atoms with E-state index in [9.17, 15) is 18.0 Å². The summed E-state index contributed by atoms with van der Waals surface area (Å²) in [6.45, 7) is 1.30. The van der Waals surface area contributed by atoms with Crippen molar-refractivity contribution in [2.45, 2.75) is 62.6 Å². The first kappa shape index (κ1) is 33.5. The van der Waals surface area contributed by atoms with Crippen molar-refractivity contribution in [1.29, 1.82) is 0 Å². The van der Waals surface area contributed by atoms with Crippen LogP contribution < -0.4 is 9.62 Å². The molecule has 1 unspecified atom stereocenters. The molecule has 0 bridgehead atoms. The molecule has 1 aliphatic rings. The molecule has 4 aromatic carbocycles. The number of sulfonamides is 1. The van der Waals surface area contributed by atoms with Crippen molar-refractivity contribution in [3.8, 4) is 0 Å². The summed E-state index contributed by atoms with van der Waals surface area (Å²) in [6, 6.07) is 28.5. The number of nitrogens with zero attached hydrogens (tertiary/aromatic N) is 2. The van der Waals surface area contributed by atoms with Crippen molar-refractivity contribution in [3.05, 3.63) is 130 Å². The standard InChI is InChI=1S/C36H37Cl2N3O4S/c1-26-18-20-32(21-19-26)46(44,45)41(31-16-9-13-29(37)23-31)25-35(42)40(24-28-12-5-8-17-33(28)38)34(22-27-10-3-2-4-11-27)36(43)39-30-14-6-7-15-30/h2-5,8-13,16-21,23,30,34H,6-7,14-15,22,24-25H2,1H3,(H,39,43). The Morgan fingerprint density at radius 1 is 0.870 bits per heavy atom. The monoisotopic (exact) mass is 677 g/mol. The lowest BCUT2D eigenvalue weighted by atomic mass is 10.0. The van der Waals surface area contributed by atoms with Crippen molar-refractivity contribution in [2.24, 2.45) is 0 Å². The summed E-state index contributed by atoms with van der Waals surface area (Å²) in [5.74, 6) is -0.843. The Kier molecular flexibility index (Phi) is 11.0. The lowest BCUT2D eigenvalue weighted by Gasteiger charge is -2.34. The minimum absolute atomic E-state index is 0.00204. The Labute approximate surface area is 281 Å². The molecule has 1 aliphatic carbocycles. The zero-order chi connectivity index (χ0) is 32.7. The van der Waals surface area contributed by atoms with Gasteiger partial charge in [-0.2, -0.15) is 0 Å². The largest absolute Gasteiger partial charge is 0.352 e. The zero-order valence-corrected chi connectivity index (χ0v) is 27.9. The quantitative estimate of drug-likeness (QED) is 0.172. The summed E-state index contributed by atoms with van der Waals surface area (Å²) in [5.41, 5.74) is 2.63. The van der Waals surface area contributed by atoms with Crippen molar-refractivity contribution in [2.75, 3.05) is 10.8 Å². The van der Waals surface area contributed by atoms with Crippen LogP contribution in [0, 0.1) is 6.92 Å². The van der Waals surface area contributed by atoms with Gasteiger partial charge >= 0.3 is 0 Å². The first-order valence-electron chi connectivity index (χ1n) is 15.3. The highest BCUT2D eigenvalue weighted by Crippen LogP contribution is 2.28. The fraction of sp³-hybridized carbons (Fsp3) is 0.278. The predicted molar refractivity (Wildman–Crippen MR) is 183 cm³/mol. The van der Waals surface area contributed by atoms with Gasteiger partial charge in [0.25, 0.3) is 10.0 Å². The summed E-state index contributed by atoms with van der Waals surface area (Å²) in [4.78, 5) is 30.2. The van der Waals surface area contributed by atoms with Crippen LogP contribution in [0.4, 0.5) is 5.69 Å². The third kappa shape index (κ3) is 8.29. The lowest BCUT2D eigenvalue weighted by molar-refractivity contribution is -0.140. The minimum Gasteiger partial charge on any atom is -0.352 e. The van der Waals surface area contributed by atoms with Gasteiger partial charge in [0.15, 0.2) is 0 Å². The highest BCUT2D eigenvalue weighted by atomic mass is 35.5. The third-order valence-corrected chi connectivity index (χ3v) is 10.6. The SMILES string of the molecule is Cc1ccc(S(=O)(=O)N(CC(=O)N(Cc2ccccc2Cl)C(Cc2ccccc2)C(=O)NC2CCCC2)c2cccc(Cl)c2)cc1. The van der Waals surface area contributed by atoms with E-state index in [0.717, 1.165) is 41.1 Å². The number of rotatable bonds is 12.